The van der Waals surface area contributed by atoms with E-state index >= 15 is 0 Å². The molecule has 0 aromatic heterocycles. The quantitative estimate of drug-likeness (QED) is 0.758. The fraction of sp³-hybridized carbons (Fsp3) is 0.211. The largest absolute Gasteiger partial charge is 0.466 e. The zero-order chi connectivity index (χ0) is 15.2. The van der Waals surface area contributed by atoms with Crippen molar-refractivity contribution in [1.82, 2.24) is 0 Å². The number of hydrogen-bond donors (Lipinski definition) is 0. The first-order valence-corrected chi connectivity index (χ1v) is 7.14. The van der Waals surface area contributed by atoms with Gasteiger partial charge in [0.05, 0.1) is 12.5 Å². The highest BCUT2D eigenvalue weighted by Crippen LogP contribution is 2.25. The fourth-order valence-electron chi connectivity index (χ4n) is 2.21. The van der Waals surface area contributed by atoms with Gasteiger partial charge in [-0.1, -0.05) is 61.2 Å². The van der Waals surface area contributed by atoms with E-state index in [1.807, 2.05) is 68.4 Å². The van der Waals surface area contributed by atoms with Crippen LogP contribution in [0.4, 0.5) is 0 Å². The number of hydrogen-bond acceptors (Lipinski definition) is 2. The van der Waals surface area contributed by atoms with E-state index in [4.69, 9.17) is 4.74 Å². The van der Waals surface area contributed by atoms with Crippen LogP contribution in [-0.4, -0.2) is 12.6 Å². The number of rotatable bonds is 5. The minimum absolute atomic E-state index is 0.194. The van der Waals surface area contributed by atoms with Crippen LogP contribution in [0.5, 0.6) is 0 Å². The van der Waals surface area contributed by atoms with Crippen LogP contribution in [-0.2, 0) is 9.53 Å². The average molecular weight is 280 g/mol. The molecule has 2 nitrogen and oxygen atoms in total. The predicted octanol–water partition coefficient (Wildman–Crippen LogP) is 4.41. The maximum absolute atomic E-state index is 11.8. The summed E-state index contributed by atoms with van der Waals surface area (Å²) >= 11 is 0. The third-order valence-corrected chi connectivity index (χ3v) is 3.50. The third kappa shape index (κ3) is 3.60. The van der Waals surface area contributed by atoms with Crippen LogP contribution in [0.3, 0.4) is 0 Å². The molecule has 1 unspecified atom stereocenters. The lowest BCUT2D eigenvalue weighted by Gasteiger charge is -2.13. The van der Waals surface area contributed by atoms with E-state index < -0.39 is 0 Å². The van der Waals surface area contributed by atoms with E-state index in [0.29, 0.717) is 6.61 Å². The van der Waals surface area contributed by atoms with Crippen molar-refractivity contribution in [3.63, 3.8) is 0 Å². The maximum atomic E-state index is 11.8. The van der Waals surface area contributed by atoms with Gasteiger partial charge in [-0.25, -0.2) is 0 Å². The van der Waals surface area contributed by atoms with Gasteiger partial charge in [-0.05, 0) is 36.1 Å². The summed E-state index contributed by atoms with van der Waals surface area (Å²) in [5.41, 5.74) is 4.00. The third-order valence-electron chi connectivity index (χ3n) is 3.50. The number of esters is 1. The van der Waals surface area contributed by atoms with Gasteiger partial charge in [-0.3, -0.25) is 4.79 Å². The van der Waals surface area contributed by atoms with E-state index in [0.717, 1.165) is 22.3 Å². The molecule has 0 fully saturated rings. The van der Waals surface area contributed by atoms with E-state index in [1.165, 1.54) is 0 Å². The second kappa shape index (κ2) is 6.89. The van der Waals surface area contributed by atoms with Gasteiger partial charge < -0.3 is 4.74 Å². The molecule has 2 rings (SSSR count). The number of benzene rings is 2. The van der Waals surface area contributed by atoms with Crippen LogP contribution in [0, 0.1) is 0 Å². The molecule has 0 aliphatic heterocycles. The standard InChI is InChI=1S/C19H20O2/c1-4-21-19(20)15(3)18-12-8-11-17(13-18)14(2)16-9-6-5-7-10-16/h5-13,15H,2,4H2,1,3H3. The molecule has 0 saturated heterocycles. The molecule has 0 aliphatic carbocycles. The van der Waals surface area contributed by atoms with Gasteiger partial charge in [0, 0.05) is 0 Å². The van der Waals surface area contributed by atoms with Crippen molar-refractivity contribution in [3.05, 3.63) is 77.9 Å². The Hall–Kier alpha value is -2.35. The topological polar surface area (TPSA) is 26.3 Å². The van der Waals surface area contributed by atoms with Crippen molar-refractivity contribution in [2.24, 2.45) is 0 Å². The Morgan fingerprint density at radius 3 is 2.43 bits per heavy atom. The van der Waals surface area contributed by atoms with Crippen molar-refractivity contribution in [2.45, 2.75) is 19.8 Å². The first kappa shape index (κ1) is 15.0. The smallest absolute Gasteiger partial charge is 0.313 e. The summed E-state index contributed by atoms with van der Waals surface area (Å²) in [4.78, 5) is 11.8. The molecule has 0 spiro atoms. The molecule has 21 heavy (non-hydrogen) atoms. The van der Waals surface area contributed by atoms with Crippen molar-refractivity contribution in [1.29, 1.82) is 0 Å². The van der Waals surface area contributed by atoms with Crippen LogP contribution in [0.15, 0.2) is 61.2 Å². The average Bonchev–Trinajstić information content (AvgIpc) is 2.54. The van der Waals surface area contributed by atoms with Crippen LogP contribution < -0.4 is 0 Å². The second-order valence-corrected chi connectivity index (χ2v) is 4.94. The van der Waals surface area contributed by atoms with Gasteiger partial charge >= 0.3 is 5.97 Å². The lowest BCUT2D eigenvalue weighted by atomic mass is 9.94. The highest BCUT2D eigenvalue weighted by molar-refractivity contribution is 5.81. The molecule has 2 heteroatoms. The van der Waals surface area contributed by atoms with E-state index in [2.05, 4.69) is 6.58 Å². The summed E-state index contributed by atoms with van der Waals surface area (Å²) in [5.74, 6) is -0.464. The van der Waals surface area contributed by atoms with Crippen LogP contribution >= 0.6 is 0 Å². The van der Waals surface area contributed by atoms with Crippen LogP contribution in [0.1, 0.15) is 36.5 Å². The Morgan fingerprint density at radius 2 is 1.76 bits per heavy atom. The van der Waals surface area contributed by atoms with Gasteiger partial charge in [0.1, 0.15) is 0 Å². The molecule has 108 valence electrons. The van der Waals surface area contributed by atoms with Gasteiger partial charge in [0.25, 0.3) is 0 Å². The molecule has 0 saturated carbocycles. The van der Waals surface area contributed by atoms with Crippen molar-refractivity contribution >= 4 is 11.5 Å². The summed E-state index contributed by atoms with van der Waals surface area (Å²) < 4.78 is 5.08. The Morgan fingerprint density at radius 1 is 1.10 bits per heavy atom. The van der Waals surface area contributed by atoms with E-state index in [1.54, 1.807) is 0 Å². The van der Waals surface area contributed by atoms with Crippen LogP contribution in [0.2, 0.25) is 0 Å². The number of carbonyl (C=O) groups excluding carboxylic acids is 1. The molecule has 0 aliphatic rings. The van der Waals surface area contributed by atoms with Gasteiger partial charge in [-0.2, -0.15) is 0 Å². The van der Waals surface area contributed by atoms with Gasteiger partial charge in [0.2, 0.25) is 0 Å². The summed E-state index contributed by atoms with van der Waals surface area (Å²) in [6.07, 6.45) is 0. The molecule has 2 aromatic rings. The fourth-order valence-corrected chi connectivity index (χ4v) is 2.21. The summed E-state index contributed by atoms with van der Waals surface area (Å²) in [6.45, 7) is 8.24. The zero-order valence-corrected chi connectivity index (χ0v) is 12.5. The number of carbonyl (C=O) groups is 1. The molecular weight excluding hydrogens is 260 g/mol. The zero-order valence-electron chi connectivity index (χ0n) is 12.5. The monoisotopic (exact) mass is 280 g/mol. The Labute approximate surface area is 126 Å². The Balaban J connectivity index is 2.26. The van der Waals surface area contributed by atoms with Gasteiger partial charge in [-0.15, -0.1) is 0 Å². The van der Waals surface area contributed by atoms with Crippen LogP contribution in [0.25, 0.3) is 5.57 Å². The molecule has 0 radical (unpaired) electrons. The van der Waals surface area contributed by atoms with Crippen molar-refractivity contribution < 1.29 is 9.53 Å². The summed E-state index contributed by atoms with van der Waals surface area (Å²) in [5, 5.41) is 0. The minimum atomic E-state index is -0.270. The first-order chi connectivity index (χ1) is 10.1. The molecule has 0 heterocycles. The van der Waals surface area contributed by atoms with Crippen molar-refractivity contribution in [2.75, 3.05) is 6.61 Å². The molecule has 0 N–H and O–H groups in total. The second-order valence-electron chi connectivity index (χ2n) is 4.94. The summed E-state index contributed by atoms with van der Waals surface area (Å²) in [6, 6.07) is 18.0. The maximum Gasteiger partial charge on any atom is 0.313 e. The summed E-state index contributed by atoms with van der Waals surface area (Å²) in [7, 11) is 0. The highest BCUT2D eigenvalue weighted by Gasteiger charge is 2.16. The normalized spacial score (nSPS) is 11.7. The van der Waals surface area contributed by atoms with Crippen molar-refractivity contribution in [3.8, 4) is 0 Å². The lowest BCUT2D eigenvalue weighted by Crippen LogP contribution is -2.13. The number of ether oxygens (including phenoxy) is 1. The molecular formula is C19H20O2. The first-order valence-electron chi connectivity index (χ1n) is 7.14. The lowest BCUT2D eigenvalue weighted by molar-refractivity contribution is -0.144. The van der Waals surface area contributed by atoms with Gasteiger partial charge in [0.15, 0.2) is 0 Å². The van der Waals surface area contributed by atoms with E-state index in [9.17, 15) is 4.79 Å². The Kier molecular flexibility index (Phi) is 4.94. The minimum Gasteiger partial charge on any atom is -0.466 e. The van der Waals surface area contributed by atoms with E-state index in [-0.39, 0.29) is 11.9 Å². The SMILES string of the molecule is C=C(c1ccccc1)c1cccc(C(C)C(=O)OCC)c1. The molecule has 2 aromatic carbocycles. The molecule has 0 bridgehead atoms. The molecule has 0 amide bonds. The molecule has 1 atom stereocenters. The Bertz CT molecular complexity index is 629. The predicted molar refractivity (Wildman–Crippen MR) is 86.1 cm³/mol. The highest BCUT2D eigenvalue weighted by atomic mass is 16.5.